The number of benzene rings is 1. The van der Waals surface area contributed by atoms with Gasteiger partial charge in [-0.1, -0.05) is 0 Å². The number of aromatic nitrogens is 1. The van der Waals surface area contributed by atoms with Crippen molar-refractivity contribution in [1.29, 1.82) is 0 Å². The second-order valence-corrected chi connectivity index (χ2v) is 7.44. The lowest BCUT2D eigenvalue weighted by atomic mass is 10.1. The van der Waals surface area contributed by atoms with E-state index in [1.807, 2.05) is 13.1 Å². The van der Waals surface area contributed by atoms with Crippen molar-refractivity contribution in [3.63, 3.8) is 0 Å². The molecule has 9 heteroatoms. The molecule has 4 N–H and O–H groups in total. The molecule has 0 saturated heterocycles. The maximum Gasteiger partial charge on any atom is 0.208 e. The van der Waals surface area contributed by atoms with E-state index in [0.29, 0.717) is 32.0 Å². The number of guanidine groups is 1. The van der Waals surface area contributed by atoms with Crippen LogP contribution in [0.3, 0.4) is 0 Å². The molecule has 25 heavy (non-hydrogen) atoms. The first-order valence-electron chi connectivity index (χ1n) is 8.11. The molecule has 0 atom stereocenters. The summed E-state index contributed by atoms with van der Waals surface area (Å²) in [4.78, 5) is 7.44. The van der Waals surface area contributed by atoms with Gasteiger partial charge in [0.25, 0.3) is 0 Å². The van der Waals surface area contributed by atoms with Crippen LogP contribution in [0.25, 0.3) is 10.9 Å². The van der Waals surface area contributed by atoms with Gasteiger partial charge in [0.2, 0.25) is 10.0 Å². The van der Waals surface area contributed by atoms with Gasteiger partial charge in [-0.3, -0.25) is 4.99 Å². The van der Waals surface area contributed by atoms with Crippen LogP contribution in [-0.2, 0) is 16.4 Å². The molecule has 1 aromatic carbocycles. The number of halogens is 1. The number of aliphatic imine (C=N–C) groups is 1. The van der Waals surface area contributed by atoms with E-state index >= 15 is 0 Å². The fourth-order valence-electron chi connectivity index (χ4n) is 2.41. The minimum atomic E-state index is -3.20. The van der Waals surface area contributed by atoms with Crippen molar-refractivity contribution >= 4 is 26.9 Å². The summed E-state index contributed by atoms with van der Waals surface area (Å²) in [5.41, 5.74) is 1.93. The Balaban J connectivity index is 1.88. The molecule has 138 valence electrons. The highest BCUT2D eigenvalue weighted by molar-refractivity contribution is 7.88. The number of aromatic amines is 1. The maximum atomic E-state index is 13.4. The highest BCUT2D eigenvalue weighted by Gasteiger charge is 2.05. The maximum absolute atomic E-state index is 13.4. The predicted octanol–water partition coefficient (Wildman–Crippen LogP) is 0.954. The number of rotatable bonds is 8. The molecule has 0 unspecified atom stereocenters. The minimum Gasteiger partial charge on any atom is -0.361 e. The molecule has 0 bridgehead atoms. The topological polar surface area (TPSA) is 98.4 Å². The van der Waals surface area contributed by atoms with Crippen LogP contribution >= 0.6 is 0 Å². The highest BCUT2D eigenvalue weighted by Crippen LogP contribution is 2.19. The molecular weight excluding hydrogens is 345 g/mol. The monoisotopic (exact) mass is 369 g/mol. The van der Waals surface area contributed by atoms with E-state index in [9.17, 15) is 12.8 Å². The average molecular weight is 369 g/mol. The Morgan fingerprint density at radius 2 is 2.08 bits per heavy atom. The first kappa shape index (κ1) is 19.2. The van der Waals surface area contributed by atoms with Gasteiger partial charge in [-0.05, 0) is 37.1 Å². The zero-order valence-corrected chi connectivity index (χ0v) is 15.2. The smallest absolute Gasteiger partial charge is 0.208 e. The summed E-state index contributed by atoms with van der Waals surface area (Å²) in [6.45, 7) is 3.85. The summed E-state index contributed by atoms with van der Waals surface area (Å²) in [6, 6.07) is 4.68. The Labute approximate surface area is 147 Å². The standard InChI is InChI=1S/C16H24FN5O2S/c1-3-18-16(20-8-9-22-25(2,23)24)19-7-6-12-11-21-15-5-4-13(17)10-14(12)15/h4-5,10-11,21-22H,3,6-9H2,1-2H3,(H2,18,19,20). The van der Waals surface area contributed by atoms with Gasteiger partial charge in [-0.25, -0.2) is 17.5 Å². The fourth-order valence-corrected chi connectivity index (χ4v) is 2.88. The lowest BCUT2D eigenvalue weighted by molar-refractivity contribution is 0.588. The Morgan fingerprint density at radius 1 is 1.28 bits per heavy atom. The van der Waals surface area contributed by atoms with E-state index in [-0.39, 0.29) is 12.4 Å². The van der Waals surface area contributed by atoms with Crippen molar-refractivity contribution in [3.8, 4) is 0 Å². The summed E-state index contributed by atoms with van der Waals surface area (Å²) < 4.78 is 37.8. The van der Waals surface area contributed by atoms with Gasteiger partial charge < -0.3 is 15.6 Å². The molecule has 0 aliphatic heterocycles. The van der Waals surface area contributed by atoms with Crippen LogP contribution in [0.1, 0.15) is 12.5 Å². The Morgan fingerprint density at radius 3 is 2.80 bits per heavy atom. The average Bonchev–Trinajstić information content (AvgIpc) is 2.93. The SMILES string of the molecule is CCNC(=NCCNS(C)(=O)=O)NCCc1c[nH]c2ccc(F)cc12. The van der Waals surface area contributed by atoms with Crippen molar-refractivity contribution < 1.29 is 12.8 Å². The molecule has 7 nitrogen and oxygen atoms in total. The number of hydrogen-bond acceptors (Lipinski definition) is 3. The second kappa shape index (κ2) is 8.82. The zero-order valence-electron chi connectivity index (χ0n) is 14.4. The van der Waals surface area contributed by atoms with Gasteiger partial charge in [0.05, 0.1) is 12.8 Å². The van der Waals surface area contributed by atoms with Crippen molar-refractivity contribution in [3.05, 3.63) is 35.8 Å². The molecule has 1 aromatic heterocycles. The molecular formula is C16H24FN5O2S. The molecule has 0 spiro atoms. The van der Waals surface area contributed by atoms with Gasteiger partial charge >= 0.3 is 0 Å². The number of nitrogens with one attached hydrogen (secondary N) is 4. The summed E-state index contributed by atoms with van der Waals surface area (Å²) >= 11 is 0. The number of fused-ring (bicyclic) bond motifs is 1. The van der Waals surface area contributed by atoms with E-state index in [0.717, 1.165) is 22.7 Å². The van der Waals surface area contributed by atoms with Crippen LogP contribution in [0.4, 0.5) is 4.39 Å². The van der Waals surface area contributed by atoms with E-state index in [4.69, 9.17) is 0 Å². The molecule has 0 aliphatic carbocycles. The zero-order chi connectivity index (χ0) is 18.3. The largest absolute Gasteiger partial charge is 0.361 e. The number of H-pyrrole nitrogens is 1. The highest BCUT2D eigenvalue weighted by atomic mass is 32.2. The Bertz CT molecular complexity index is 832. The molecule has 0 fully saturated rings. The van der Waals surface area contributed by atoms with Crippen LogP contribution in [0.15, 0.2) is 29.4 Å². The lowest BCUT2D eigenvalue weighted by Crippen LogP contribution is -2.39. The van der Waals surface area contributed by atoms with Gasteiger partial charge in [0.1, 0.15) is 5.82 Å². The fraction of sp³-hybridized carbons (Fsp3) is 0.438. The normalized spacial score (nSPS) is 12.5. The molecule has 0 amide bonds. The van der Waals surface area contributed by atoms with Gasteiger partial charge in [0.15, 0.2) is 5.96 Å². The molecule has 1 heterocycles. The quantitative estimate of drug-likeness (QED) is 0.316. The van der Waals surface area contributed by atoms with Crippen LogP contribution < -0.4 is 15.4 Å². The Hall–Kier alpha value is -2.13. The first-order chi connectivity index (χ1) is 11.9. The third-order valence-corrected chi connectivity index (χ3v) is 4.23. The van der Waals surface area contributed by atoms with Crippen molar-refractivity contribution in [1.82, 2.24) is 20.3 Å². The second-order valence-electron chi connectivity index (χ2n) is 5.61. The summed E-state index contributed by atoms with van der Waals surface area (Å²) in [6.07, 6.45) is 3.70. The van der Waals surface area contributed by atoms with Crippen molar-refractivity contribution in [2.45, 2.75) is 13.3 Å². The number of sulfonamides is 1. The van der Waals surface area contributed by atoms with Crippen molar-refractivity contribution in [2.75, 3.05) is 32.4 Å². The summed E-state index contributed by atoms with van der Waals surface area (Å²) in [5.74, 6) is 0.360. The van der Waals surface area contributed by atoms with E-state index in [2.05, 4.69) is 25.3 Å². The number of nitrogens with zero attached hydrogens (tertiary/aromatic N) is 1. The molecule has 2 aromatic rings. The lowest BCUT2D eigenvalue weighted by Gasteiger charge is -2.11. The summed E-state index contributed by atoms with van der Waals surface area (Å²) in [7, 11) is -3.20. The van der Waals surface area contributed by atoms with Crippen molar-refractivity contribution in [2.24, 2.45) is 4.99 Å². The van der Waals surface area contributed by atoms with Gasteiger partial charge in [0, 0.05) is 36.7 Å². The van der Waals surface area contributed by atoms with Gasteiger partial charge in [-0.2, -0.15) is 0 Å². The van der Waals surface area contributed by atoms with Crippen LogP contribution in [0.5, 0.6) is 0 Å². The third kappa shape index (κ3) is 6.35. The first-order valence-corrected chi connectivity index (χ1v) is 10.0. The number of hydrogen-bond donors (Lipinski definition) is 4. The molecule has 2 rings (SSSR count). The van der Waals surface area contributed by atoms with E-state index in [1.54, 1.807) is 6.07 Å². The van der Waals surface area contributed by atoms with Crippen LogP contribution in [0.2, 0.25) is 0 Å². The molecule has 0 aliphatic rings. The van der Waals surface area contributed by atoms with E-state index in [1.165, 1.54) is 12.1 Å². The molecule has 0 radical (unpaired) electrons. The summed E-state index contributed by atoms with van der Waals surface area (Å²) in [5, 5.41) is 7.17. The van der Waals surface area contributed by atoms with Crippen LogP contribution in [0, 0.1) is 5.82 Å². The molecule has 0 saturated carbocycles. The predicted molar refractivity (Wildman–Crippen MR) is 98.8 cm³/mol. The van der Waals surface area contributed by atoms with Crippen LogP contribution in [-0.4, -0.2) is 51.8 Å². The third-order valence-electron chi connectivity index (χ3n) is 3.51. The van der Waals surface area contributed by atoms with E-state index < -0.39 is 10.0 Å². The van der Waals surface area contributed by atoms with Gasteiger partial charge in [-0.15, -0.1) is 0 Å². The Kier molecular flexibility index (Phi) is 6.77. The minimum absolute atomic E-state index is 0.247.